The van der Waals surface area contributed by atoms with Gasteiger partial charge in [-0.1, -0.05) is 44.2 Å². The number of nitrogens with zero attached hydrogens (tertiary/aromatic N) is 3. The van der Waals surface area contributed by atoms with Crippen LogP contribution in [-0.4, -0.2) is 27.0 Å². The van der Waals surface area contributed by atoms with E-state index in [1.165, 1.54) is 0 Å². The van der Waals surface area contributed by atoms with Crippen LogP contribution < -0.4 is 5.32 Å². The maximum Gasteiger partial charge on any atom is 0.242 e. The maximum atomic E-state index is 12.5. The average molecular weight is 369 g/mol. The van der Waals surface area contributed by atoms with Crippen molar-refractivity contribution in [3.05, 3.63) is 58.9 Å². The molecule has 1 amide bonds. The Morgan fingerprint density at radius 1 is 1.23 bits per heavy atom. The molecule has 0 aliphatic rings. The van der Waals surface area contributed by atoms with Gasteiger partial charge in [-0.15, -0.1) is 11.3 Å². The molecule has 136 valence electrons. The highest BCUT2D eigenvalue weighted by molar-refractivity contribution is 7.09. The molecular weight excluding hydrogens is 344 g/mol. The molecule has 3 rings (SSSR count). The Morgan fingerprint density at radius 2 is 2.00 bits per heavy atom. The highest BCUT2D eigenvalue weighted by atomic mass is 32.1. The third kappa shape index (κ3) is 4.19. The van der Waals surface area contributed by atoms with Crippen molar-refractivity contribution in [1.29, 1.82) is 0 Å². The number of hydrogen-bond acceptors (Lipinski definition) is 4. The summed E-state index contributed by atoms with van der Waals surface area (Å²) in [5, 5.41) is 6.11. The van der Waals surface area contributed by atoms with Crippen LogP contribution in [0.25, 0.3) is 11.3 Å². The van der Waals surface area contributed by atoms with Crippen LogP contribution in [0.1, 0.15) is 43.6 Å². The van der Waals surface area contributed by atoms with Crippen LogP contribution in [-0.2, 0) is 11.2 Å². The summed E-state index contributed by atoms with van der Waals surface area (Å²) in [6, 6.07) is 9.86. The van der Waals surface area contributed by atoms with E-state index < -0.39 is 0 Å². The predicted molar refractivity (Wildman–Crippen MR) is 105 cm³/mol. The van der Waals surface area contributed by atoms with Crippen molar-refractivity contribution in [2.24, 2.45) is 0 Å². The molecule has 1 unspecified atom stereocenters. The zero-order chi connectivity index (χ0) is 18.5. The van der Waals surface area contributed by atoms with Gasteiger partial charge in [-0.3, -0.25) is 4.79 Å². The van der Waals surface area contributed by atoms with Crippen LogP contribution in [0.15, 0.2) is 48.1 Å². The SMILES string of the molecule is CC(C)c1nccn1C(C)C(=O)NCCc1nc(-c2ccccc2)cs1. The molecule has 3 aromatic rings. The second-order valence-electron chi connectivity index (χ2n) is 6.56. The molecule has 1 N–H and O–H groups in total. The second kappa shape index (κ2) is 8.27. The number of imidazole rings is 1. The molecule has 0 radical (unpaired) electrons. The minimum absolute atomic E-state index is 0.00439. The minimum Gasteiger partial charge on any atom is -0.354 e. The molecule has 1 aromatic carbocycles. The molecule has 26 heavy (non-hydrogen) atoms. The van der Waals surface area contributed by atoms with Crippen molar-refractivity contribution in [2.45, 2.75) is 39.2 Å². The molecule has 0 aliphatic heterocycles. The number of aromatic nitrogens is 3. The van der Waals surface area contributed by atoms with Crippen LogP contribution >= 0.6 is 11.3 Å². The van der Waals surface area contributed by atoms with Gasteiger partial charge in [0, 0.05) is 42.2 Å². The van der Waals surface area contributed by atoms with Crippen molar-refractivity contribution >= 4 is 17.2 Å². The van der Waals surface area contributed by atoms with Crippen LogP contribution in [0.5, 0.6) is 0 Å². The molecule has 2 aromatic heterocycles. The highest BCUT2D eigenvalue weighted by Gasteiger charge is 2.18. The fourth-order valence-electron chi connectivity index (χ4n) is 2.83. The van der Waals surface area contributed by atoms with E-state index in [1.54, 1.807) is 17.5 Å². The molecule has 0 fully saturated rings. The molecule has 5 nitrogen and oxygen atoms in total. The average Bonchev–Trinajstić information content (AvgIpc) is 3.31. The summed E-state index contributed by atoms with van der Waals surface area (Å²) < 4.78 is 1.94. The lowest BCUT2D eigenvalue weighted by molar-refractivity contribution is -0.123. The highest BCUT2D eigenvalue weighted by Crippen LogP contribution is 2.22. The first-order chi connectivity index (χ1) is 12.6. The van der Waals surface area contributed by atoms with Crippen LogP contribution in [0.3, 0.4) is 0 Å². The van der Waals surface area contributed by atoms with E-state index in [-0.39, 0.29) is 17.9 Å². The monoisotopic (exact) mass is 368 g/mol. The van der Waals surface area contributed by atoms with Gasteiger partial charge in [0.1, 0.15) is 11.9 Å². The van der Waals surface area contributed by atoms with E-state index in [0.29, 0.717) is 6.54 Å². The summed E-state index contributed by atoms with van der Waals surface area (Å²) in [6.07, 6.45) is 4.35. The third-order valence-corrected chi connectivity index (χ3v) is 5.18. The molecule has 0 spiro atoms. The molecule has 2 heterocycles. The molecule has 0 bridgehead atoms. The molecule has 0 saturated heterocycles. The summed E-state index contributed by atoms with van der Waals surface area (Å²) in [4.78, 5) is 21.5. The van der Waals surface area contributed by atoms with Gasteiger partial charge in [-0.25, -0.2) is 9.97 Å². The first-order valence-corrected chi connectivity index (χ1v) is 9.74. The van der Waals surface area contributed by atoms with E-state index >= 15 is 0 Å². The van der Waals surface area contributed by atoms with Gasteiger partial charge in [0.05, 0.1) is 10.7 Å². The molecule has 0 saturated carbocycles. The number of nitrogens with one attached hydrogen (secondary N) is 1. The van der Waals surface area contributed by atoms with E-state index in [1.807, 2.05) is 35.9 Å². The van der Waals surface area contributed by atoms with Crippen LogP contribution in [0.4, 0.5) is 0 Å². The Bertz CT molecular complexity index is 854. The van der Waals surface area contributed by atoms with E-state index in [2.05, 4.69) is 46.6 Å². The summed E-state index contributed by atoms with van der Waals surface area (Å²) in [7, 11) is 0. The first kappa shape index (κ1) is 18.3. The van der Waals surface area contributed by atoms with Crippen molar-refractivity contribution in [3.63, 3.8) is 0 Å². The van der Waals surface area contributed by atoms with Crippen molar-refractivity contribution in [1.82, 2.24) is 19.9 Å². The van der Waals surface area contributed by atoms with Crippen LogP contribution in [0.2, 0.25) is 0 Å². The quantitative estimate of drug-likeness (QED) is 0.684. The Kier molecular flexibility index (Phi) is 5.83. The first-order valence-electron chi connectivity index (χ1n) is 8.86. The van der Waals surface area contributed by atoms with Gasteiger partial charge in [0.2, 0.25) is 5.91 Å². The van der Waals surface area contributed by atoms with Gasteiger partial charge in [-0.05, 0) is 6.92 Å². The molecular formula is C20H24N4OS. The lowest BCUT2D eigenvalue weighted by atomic mass is 10.2. The van der Waals surface area contributed by atoms with Gasteiger partial charge in [0.25, 0.3) is 0 Å². The summed E-state index contributed by atoms with van der Waals surface area (Å²) >= 11 is 1.63. The van der Waals surface area contributed by atoms with E-state index in [0.717, 1.165) is 28.5 Å². The van der Waals surface area contributed by atoms with Crippen molar-refractivity contribution in [3.8, 4) is 11.3 Å². The smallest absolute Gasteiger partial charge is 0.242 e. The lowest BCUT2D eigenvalue weighted by Crippen LogP contribution is -2.33. The number of carbonyl (C=O) groups excluding carboxylic acids is 1. The Hall–Kier alpha value is -2.47. The minimum atomic E-state index is -0.272. The topological polar surface area (TPSA) is 59.8 Å². The van der Waals surface area contributed by atoms with Crippen LogP contribution in [0, 0.1) is 0 Å². The number of hydrogen-bond donors (Lipinski definition) is 1. The Labute approximate surface area is 158 Å². The molecule has 6 heteroatoms. The maximum absolute atomic E-state index is 12.5. The standard InChI is InChI=1S/C20H24N4OS/c1-14(2)19-21-11-12-24(19)15(3)20(25)22-10-9-18-23-17(13-26-18)16-7-5-4-6-8-16/h4-8,11-15H,9-10H2,1-3H3,(H,22,25). The molecule has 1 atom stereocenters. The number of carbonyl (C=O) groups is 1. The third-order valence-electron chi connectivity index (χ3n) is 4.27. The number of amides is 1. The van der Waals surface area contributed by atoms with Gasteiger partial charge in [0.15, 0.2) is 0 Å². The van der Waals surface area contributed by atoms with Gasteiger partial charge in [-0.2, -0.15) is 0 Å². The number of thiazole rings is 1. The summed E-state index contributed by atoms with van der Waals surface area (Å²) in [5.74, 6) is 1.22. The molecule has 0 aliphatic carbocycles. The normalized spacial score (nSPS) is 12.3. The second-order valence-corrected chi connectivity index (χ2v) is 7.50. The zero-order valence-electron chi connectivity index (χ0n) is 15.3. The zero-order valence-corrected chi connectivity index (χ0v) is 16.2. The predicted octanol–water partition coefficient (Wildman–Crippen LogP) is 4.05. The van der Waals surface area contributed by atoms with Gasteiger partial charge >= 0.3 is 0 Å². The number of benzene rings is 1. The van der Waals surface area contributed by atoms with Gasteiger partial charge < -0.3 is 9.88 Å². The number of rotatable bonds is 7. The fraction of sp³-hybridized carbons (Fsp3) is 0.350. The van der Waals surface area contributed by atoms with Crippen molar-refractivity contribution < 1.29 is 4.79 Å². The summed E-state index contributed by atoms with van der Waals surface area (Å²) in [6.45, 7) is 6.64. The van der Waals surface area contributed by atoms with E-state index in [9.17, 15) is 4.79 Å². The largest absolute Gasteiger partial charge is 0.354 e. The van der Waals surface area contributed by atoms with E-state index in [4.69, 9.17) is 0 Å². The summed E-state index contributed by atoms with van der Waals surface area (Å²) in [5.41, 5.74) is 2.11. The Balaban J connectivity index is 1.54. The Morgan fingerprint density at radius 3 is 2.73 bits per heavy atom. The fourth-order valence-corrected chi connectivity index (χ4v) is 3.64. The lowest BCUT2D eigenvalue weighted by Gasteiger charge is -2.17. The van der Waals surface area contributed by atoms with Crippen molar-refractivity contribution in [2.75, 3.05) is 6.54 Å².